The van der Waals surface area contributed by atoms with Crippen LogP contribution in [0.15, 0.2) is 30.3 Å². The highest BCUT2D eigenvalue weighted by atomic mass is 19.4. The van der Waals surface area contributed by atoms with Crippen LogP contribution in [0.4, 0.5) is 33.7 Å². The predicted molar refractivity (Wildman–Crippen MR) is 134 cm³/mol. The molecule has 1 fully saturated rings. The number of nitrogen functional groups attached to an aromatic ring is 1. The second-order valence-corrected chi connectivity index (χ2v) is 8.90. The molecule has 2 heterocycles. The summed E-state index contributed by atoms with van der Waals surface area (Å²) in [6.07, 6.45) is -4.74. The van der Waals surface area contributed by atoms with E-state index in [-0.39, 0.29) is 72.7 Å². The summed E-state index contributed by atoms with van der Waals surface area (Å²) < 4.78 is 77.2. The average Bonchev–Trinajstić information content (AvgIpc) is 2.91. The van der Waals surface area contributed by atoms with Gasteiger partial charge in [-0.2, -0.15) is 18.2 Å². The summed E-state index contributed by atoms with van der Waals surface area (Å²) in [4.78, 5) is 24.9. The van der Waals surface area contributed by atoms with Crippen LogP contribution < -0.4 is 25.4 Å². The highest BCUT2D eigenvalue weighted by molar-refractivity contribution is 5.92. The first-order valence-electron chi connectivity index (χ1n) is 12.0. The topological polar surface area (TPSA) is 106 Å². The molecule has 0 aliphatic carbocycles. The summed E-state index contributed by atoms with van der Waals surface area (Å²) >= 11 is 0. The molecule has 39 heavy (non-hydrogen) atoms. The molecule has 1 saturated heterocycles. The summed E-state index contributed by atoms with van der Waals surface area (Å²) in [5.74, 6) is -1.46. The zero-order valence-corrected chi connectivity index (χ0v) is 21.2. The molecule has 0 spiro atoms. The average molecular weight is 555 g/mol. The monoisotopic (exact) mass is 554 g/mol. The van der Waals surface area contributed by atoms with Gasteiger partial charge in [0.15, 0.2) is 17.3 Å². The number of rotatable bonds is 8. The van der Waals surface area contributed by atoms with E-state index in [1.807, 2.05) is 0 Å². The molecule has 1 amide bonds. The molecule has 3 aromatic rings. The number of amides is 1. The van der Waals surface area contributed by atoms with Crippen molar-refractivity contribution in [3.63, 3.8) is 0 Å². The minimum Gasteiger partial charge on any atom is -0.493 e. The number of aromatic nitrogens is 2. The summed E-state index contributed by atoms with van der Waals surface area (Å²) in [6, 6.07) is 5.47. The SMILES string of the molecule is COc1cc2c(N)nc(N3CCN(C(=O)C[C@@H](NCC(F)(F)F)c4ccc(F)cc4)CC3)nc2c(F)c1OC. The number of nitrogens with two attached hydrogens (primary N) is 1. The lowest BCUT2D eigenvalue weighted by Crippen LogP contribution is -2.50. The van der Waals surface area contributed by atoms with E-state index in [2.05, 4.69) is 15.3 Å². The van der Waals surface area contributed by atoms with Crippen molar-refractivity contribution >= 4 is 28.6 Å². The number of ether oxygens (including phenoxy) is 2. The Hall–Kier alpha value is -3.94. The summed E-state index contributed by atoms with van der Waals surface area (Å²) in [5, 5.41) is 2.60. The largest absolute Gasteiger partial charge is 0.493 e. The standard InChI is InChI=1S/C25H27F5N6O3/c1-38-18-11-16-21(20(27)22(18)39-2)33-24(34-23(16)31)36-9-7-35(8-10-36)19(37)12-17(32-13-25(28,29)30)14-3-5-15(26)6-4-14/h3-6,11,17,32H,7-10,12-13H2,1-2H3,(H2,31,33,34)/t17-/m1/s1. The van der Waals surface area contributed by atoms with Gasteiger partial charge in [0.05, 0.1) is 20.8 Å². The van der Waals surface area contributed by atoms with E-state index in [1.54, 1.807) is 4.90 Å². The second kappa shape index (κ2) is 11.4. The normalized spacial score (nSPS) is 14.9. The lowest BCUT2D eigenvalue weighted by Gasteiger charge is -2.35. The second-order valence-electron chi connectivity index (χ2n) is 8.90. The first kappa shape index (κ1) is 28.1. The maximum atomic E-state index is 15.1. The molecular formula is C25H27F5N6O3. The van der Waals surface area contributed by atoms with Crippen LogP contribution in [0.1, 0.15) is 18.0 Å². The molecule has 0 radical (unpaired) electrons. The molecule has 9 nitrogen and oxygen atoms in total. The Morgan fingerprint density at radius 3 is 2.33 bits per heavy atom. The van der Waals surface area contributed by atoms with Gasteiger partial charge < -0.3 is 30.3 Å². The van der Waals surface area contributed by atoms with Gasteiger partial charge in [-0.1, -0.05) is 12.1 Å². The number of methoxy groups -OCH3 is 2. The summed E-state index contributed by atoms with van der Waals surface area (Å²) in [7, 11) is 2.66. The van der Waals surface area contributed by atoms with Crippen LogP contribution in [-0.4, -0.2) is 73.9 Å². The number of hydrogen-bond donors (Lipinski definition) is 2. The van der Waals surface area contributed by atoms with Crippen LogP contribution in [0.3, 0.4) is 0 Å². The van der Waals surface area contributed by atoms with E-state index >= 15 is 4.39 Å². The van der Waals surface area contributed by atoms with Gasteiger partial charge in [0.1, 0.15) is 17.2 Å². The fourth-order valence-corrected chi connectivity index (χ4v) is 4.38. The number of benzene rings is 2. The Morgan fingerprint density at radius 2 is 1.74 bits per heavy atom. The third-order valence-electron chi connectivity index (χ3n) is 6.41. The third kappa shape index (κ3) is 6.38. The molecule has 1 aliphatic rings. The first-order chi connectivity index (χ1) is 18.5. The van der Waals surface area contributed by atoms with Crippen molar-refractivity contribution in [1.82, 2.24) is 20.2 Å². The van der Waals surface area contributed by atoms with E-state index in [0.717, 1.165) is 12.1 Å². The first-order valence-corrected chi connectivity index (χ1v) is 12.0. The fourth-order valence-electron chi connectivity index (χ4n) is 4.38. The number of carbonyl (C=O) groups is 1. The lowest BCUT2D eigenvalue weighted by molar-refractivity contribution is -0.135. The maximum absolute atomic E-state index is 15.1. The van der Waals surface area contributed by atoms with Crippen LogP contribution in [0.5, 0.6) is 11.5 Å². The van der Waals surface area contributed by atoms with E-state index in [1.165, 1.54) is 37.3 Å². The lowest BCUT2D eigenvalue weighted by atomic mass is 10.0. The Kier molecular flexibility index (Phi) is 8.23. The molecule has 0 unspecified atom stereocenters. The van der Waals surface area contributed by atoms with Gasteiger partial charge in [0, 0.05) is 44.0 Å². The van der Waals surface area contributed by atoms with Crippen molar-refractivity contribution in [2.24, 2.45) is 0 Å². The van der Waals surface area contributed by atoms with E-state index in [9.17, 15) is 22.4 Å². The van der Waals surface area contributed by atoms with Gasteiger partial charge >= 0.3 is 6.18 Å². The number of alkyl halides is 3. The van der Waals surface area contributed by atoms with Crippen molar-refractivity contribution in [2.45, 2.75) is 18.6 Å². The van der Waals surface area contributed by atoms with Gasteiger partial charge in [0.2, 0.25) is 11.9 Å². The Morgan fingerprint density at radius 1 is 1.08 bits per heavy atom. The molecule has 1 aromatic heterocycles. The van der Waals surface area contributed by atoms with Crippen molar-refractivity contribution in [2.75, 3.05) is 57.6 Å². The smallest absolute Gasteiger partial charge is 0.401 e. The highest BCUT2D eigenvalue weighted by Gasteiger charge is 2.31. The zero-order chi connectivity index (χ0) is 28.3. The van der Waals surface area contributed by atoms with Crippen molar-refractivity contribution in [1.29, 1.82) is 0 Å². The number of hydrogen-bond acceptors (Lipinski definition) is 8. The highest BCUT2D eigenvalue weighted by Crippen LogP contribution is 2.37. The molecule has 14 heteroatoms. The number of piperazine rings is 1. The molecule has 4 rings (SSSR count). The molecule has 1 aliphatic heterocycles. The number of nitrogens with zero attached hydrogens (tertiary/aromatic N) is 4. The Bertz CT molecular complexity index is 1330. The van der Waals surface area contributed by atoms with Crippen LogP contribution in [0.2, 0.25) is 0 Å². The summed E-state index contributed by atoms with van der Waals surface area (Å²) in [6.45, 7) is -0.288. The van der Waals surface area contributed by atoms with E-state index in [0.29, 0.717) is 5.56 Å². The van der Waals surface area contributed by atoms with Crippen LogP contribution in [-0.2, 0) is 4.79 Å². The number of anilines is 2. The molecule has 1 atom stereocenters. The van der Waals surface area contributed by atoms with Crippen molar-refractivity contribution in [3.8, 4) is 11.5 Å². The number of carbonyl (C=O) groups excluding carboxylic acids is 1. The molecular weight excluding hydrogens is 527 g/mol. The Balaban J connectivity index is 1.47. The fraction of sp³-hybridized carbons (Fsp3) is 0.400. The summed E-state index contributed by atoms with van der Waals surface area (Å²) in [5.41, 5.74) is 6.40. The van der Waals surface area contributed by atoms with E-state index < -0.39 is 30.4 Å². The number of nitrogens with one attached hydrogen (secondary N) is 1. The van der Waals surface area contributed by atoms with Crippen LogP contribution in [0, 0.1) is 11.6 Å². The minimum absolute atomic E-state index is 0.0336. The van der Waals surface area contributed by atoms with Gasteiger partial charge in [-0.05, 0) is 23.8 Å². The number of fused-ring (bicyclic) bond motifs is 1. The molecule has 0 saturated carbocycles. The molecule has 3 N–H and O–H groups in total. The zero-order valence-electron chi connectivity index (χ0n) is 21.2. The van der Waals surface area contributed by atoms with Crippen LogP contribution in [0.25, 0.3) is 10.9 Å². The van der Waals surface area contributed by atoms with Gasteiger partial charge in [-0.3, -0.25) is 4.79 Å². The number of halogens is 5. The van der Waals surface area contributed by atoms with Crippen LogP contribution >= 0.6 is 0 Å². The van der Waals surface area contributed by atoms with E-state index in [4.69, 9.17) is 15.2 Å². The van der Waals surface area contributed by atoms with Crippen molar-refractivity contribution in [3.05, 3.63) is 47.5 Å². The molecule has 0 bridgehead atoms. The van der Waals surface area contributed by atoms with Gasteiger partial charge in [0.25, 0.3) is 0 Å². The third-order valence-corrected chi connectivity index (χ3v) is 6.41. The molecule has 2 aromatic carbocycles. The predicted octanol–water partition coefficient (Wildman–Crippen LogP) is 3.44. The van der Waals surface area contributed by atoms with Gasteiger partial charge in [-0.25, -0.2) is 13.8 Å². The van der Waals surface area contributed by atoms with Crippen molar-refractivity contribution < 1.29 is 36.2 Å². The Labute approximate surface area is 220 Å². The minimum atomic E-state index is -4.48. The molecule has 210 valence electrons. The quantitative estimate of drug-likeness (QED) is 0.408. The maximum Gasteiger partial charge on any atom is 0.401 e. The van der Waals surface area contributed by atoms with Gasteiger partial charge in [-0.15, -0.1) is 0 Å².